The highest BCUT2D eigenvalue weighted by atomic mass is 79.9. The lowest BCUT2D eigenvalue weighted by Crippen LogP contribution is -2.16. The standard InChI is InChI=1S/C14H16BrNS/c1-11-3-5-12(6-4-11)9-16(2)10-14-13(15)7-8-17-14/h3-8H,9-10H2,1-2H3. The van der Waals surface area contributed by atoms with Crippen LogP contribution in [0.25, 0.3) is 0 Å². The molecule has 0 atom stereocenters. The van der Waals surface area contributed by atoms with Crippen molar-refractivity contribution in [3.05, 3.63) is 56.2 Å². The molecule has 2 aromatic rings. The Kier molecular flexibility index (Phi) is 4.37. The molecule has 1 aromatic heterocycles. The molecule has 0 aliphatic heterocycles. The quantitative estimate of drug-likeness (QED) is 0.806. The van der Waals surface area contributed by atoms with Crippen LogP contribution in [-0.4, -0.2) is 11.9 Å². The number of hydrogen-bond acceptors (Lipinski definition) is 2. The Labute approximate surface area is 115 Å². The van der Waals surface area contributed by atoms with Crippen molar-refractivity contribution in [3.8, 4) is 0 Å². The Bertz CT molecular complexity index is 475. The van der Waals surface area contributed by atoms with E-state index in [1.165, 1.54) is 20.5 Å². The predicted molar refractivity (Wildman–Crippen MR) is 78.4 cm³/mol. The summed E-state index contributed by atoms with van der Waals surface area (Å²) in [6.07, 6.45) is 0. The highest BCUT2D eigenvalue weighted by molar-refractivity contribution is 9.10. The number of nitrogens with zero attached hydrogens (tertiary/aromatic N) is 1. The number of hydrogen-bond donors (Lipinski definition) is 0. The molecule has 17 heavy (non-hydrogen) atoms. The lowest BCUT2D eigenvalue weighted by atomic mass is 10.1. The first-order chi connectivity index (χ1) is 8.15. The molecule has 0 unspecified atom stereocenters. The molecule has 90 valence electrons. The summed E-state index contributed by atoms with van der Waals surface area (Å²) >= 11 is 5.38. The molecule has 1 heterocycles. The monoisotopic (exact) mass is 309 g/mol. The molecule has 0 aliphatic rings. The van der Waals surface area contributed by atoms with E-state index in [9.17, 15) is 0 Å². The average Bonchev–Trinajstić information content (AvgIpc) is 2.68. The number of aryl methyl sites for hydroxylation is 1. The van der Waals surface area contributed by atoms with Crippen LogP contribution >= 0.6 is 27.3 Å². The van der Waals surface area contributed by atoms with Gasteiger partial charge in [-0.15, -0.1) is 11.3 Å². The van der Waals surface area contributed by atoms with Gasteiger partial charge >= 0.3 is 0 Å². The van der Waals surface area contributed by atoms with Crippen LogP contribution in [0.2, 0.25) is 0 Å². The summed E-state index contributed by atoms with van der Waals surface area (Å²) in [4.78, 5) is 3.72. The van der Waals surface area contributed by atoms with Crippen LogP contribution in [0.1, 0.15) is 16.0 Å². The van der Waals surface area contributed by atoms with Crippen molar-refractivity contribution < 1.29 is 0 Å². The fourth-order valence-electron chi connectivity index (χ4n) is 1.74. The maximum atomic E-state index is 3.57. The third-order valence-corrected chi connectivity index (χ3v) is 4.59. The van der Waals surface area contributed by atoms with Crippen LogP contribution in [0.4, 0.5) is 0 Å². The zero-order valence-electron chi connectivity index (χ0n) is 10.1. The molecular weight excluding hydrogens is 294 g/mol. The van der Waals surface area contributed by atoms with Gasteiger partial charge in [0.25, 0.3) is 0 Å². The molecule has 0 spiro atoms. The Hall–Kier alpha value is -0.640. The fourth-order valence-corrected chi connectivity index (χ4v) is 3.30. The van der Waals surface area contributed by atoms with Gasteiger partial charge in [0.1, 0.15) is 0 Å². The van der Waals surface area contributed by atoms with Gasteiger partial charge in [-0.1, -0.05) is 29.8 Å². The Morgan fingerprint density at radius 1 is 1.12 bits per heavy atom. The minimum Gasteiger partial charge on any atom is -0.297 e. The van der Waals surface area contributed by atoms with E-state index >= 15 is 0 Å². The molecule has 0 saturated carbocycles. The number of halogens is 1. The van der Waals surface area contributed by atoms with E-state index in [0.29, 0.717) is 0 Å². The SMILES string of the molecule is Cc1ccc(CN(C)Cc2sccc2Br)cc1. The van der Waals surface area contributed by atoms with E-state index in [1.807, 2.05) is 0 Å². The highest BCUT2D eigenvalue weighted by Gasteiger charge is 2.06. The molecule has 1 aromatic carbocycles. The van der Waals surface area contributed by atoms with Gasteiger partial charge in [0, 0.05) is 22.4 Å². The summed E-state index contributed by atoms with van der Waals surface area (Å²) in [6, 6.07) is 10.9. The van der Waals surface area contributed by atoms with Gasteiger partial charge in [0.2, 0.25) is 0 Å². The molecule has 0 amide bonds. The maximum absolute atomic E-state index is 3.57. The van der Waals surface area contributed by atoms with Gasteiger partial charge < -0.3 is 0 Å². The third-order valence-electron chi connectivity index (χ3n) is 2.68. The van der Waals surface area contributed by atoms with Crippen LogP contribution in [0, 0.1) is 6.92 Å². The van der Waals surface area contributed by atoms with Crippen molar-refractivity contribution in [1.82, 2.24) is 4.90 Å². The zero-order chi connectivity index (χ0) is 12.3. The van der Waals surface area contributed by atoms with Gasteiger partial charge in [0.05, 0.1) is 0 Å². The predicted octanol–water partition coefficient (Wildman–Crippen LogP) is 4.45. The lowest BCUT2D eigenvalue weighted by molar-refractivity contribution is 0.321. The summed E-state index contributed by atoms with van der Waals surface area (Å²) in [5, 5.41) is 2.12. The van der Waals surface area contributed by atoms with Crippen LogP contribution in [0.15, 0.2) is 40.2 Å². The second-order valence-electron chi connectivity index (χ2n) is 4.35. The first kappa shape index (κ1) is 12.8. The summed E-state index contributed by atoms with van der Waals surface area (Å²) < 4.78 is 1.22. The zero-order valence-corrected chi connectivity index (χ0v) is 12.5. The first-order valence-corrected chi connectivity index (χ1v) is 7.28. The Morgan fingerprint density at radius 3 is 2.41 bits per heavy atom. The second-order valence-corrected chi connectivity index (χ2v) is 6.20. The van der Waals surface area contributed by atoms with Crippen molar-refractivity contribution in [3.63, 3.8) is 0 Å². The topological polar surface area (TPSA) is 3.24 Å². The van der Waals surface area contributed by atoms with Crippen LogP contribution in [0.3, 0.4) is 0 Å². The van der Waals surface area contributed by atoms with Crippen molar-refractivity contribution in [2.75, 3.05) is 7.05 Å². The van der Waals surface area contributed by atoms with Gasteiger partial charge in [0.15, 0.2) is 0 Å². The van der Waals surface area contributed by atoms with Crippen molar-refractivity contribution in [2.45, 2.75) is 20.0 Å². The Morgan fingerprint density at radius 2 is 1.82 bits per heavy atom. The number of rotatable bonds is 4. The molecule has 0 aliphatic carbocycles. The van der Waals surface area contributed by atoms with E-state index in [4.69, 9.17) is 0 Å². The van der Waals surface area contributed by atoms with E-state index in [2.05, 4.69) is 70.5 Å². The number of benzene rings is 1. The summed E-state index contributed by atoms with van der Waals surface area (Å²) in [6.45, 7) is 4.10. The molecule has 0 fully saturated rings. The van der Waals surface area contributed by atoms with Crippen LogP contribution < -0.4 is 0 Å². The van der Waals surface area contributed by atoms with Gasteiger partial charge in [-0.25, -0.2) is 0 Å². The minimum absolute atomic E-state index is 0.991. The Balaban J connectivity index is 1.95. The molecular formula is C14H16BrNS. The molecule has 0 N–H and O–H groups in total. The highest BCUT2D eigenvalue weighted by Crippen LogP contribution is 2.24. The molecule has 0 bridgehead atoms. The molecule has 1 nitrogen and oxygen atoms in total. The van der Waals surface area contributed by atoms with Crippen LogP contribution in [-0.2, 0) is 13.1 Å². The fraction of sp³-hybridized carbons (Fsp3) is 0.286. The molecule has 0 radical (unpaired) electrons. The lowest BCUT2D eigenvalue weighted by Gasteiger charge is -2.16. The van der Waals surface area contributed by atoms with Gasteiger partial charge in [-0.3, -0.25) is 4.90 Å². The van der Waals surface area contributed by atoms with Crippen LogP contribution in [0.5, 0.6) is 0 Å². The van der Waals surface area contributed by atoms with E-state index in [-0.39, 0.29) is 0 Å². The molecule has 3 heteroatoms. The number of thiophene rings is 1. The van der Waals surface area contributed by atoms with E-state index in [0.717, 1.165) is 13.1 Å². The van der Waals surface area contributed by atoms with Gasteiger partial charge in [-0.05, 0) is 46.9 Å². The summed E-state index contributed by atoms with van der Waals surface area (Å²) in [5.74, 6) is 0. The van der Waals surface area contributed by atoms with Gasteiger partial charge in [-0.2, -0.15) is 0 Å². The van der Waals surface area contributed by atoms with Crippen molar-refractivity contribution >= 4 is 27.3 Å². The largest absolute Gasteiger partial charge is 0.297 e. The van der Waals surface area contributed by atoms with Crippen molar-refractivity contribution in [2.24, 2.45) is 0 Å². The average molecular weight is 310 g/mol. The smallest absolute Gasteiger partial charge is 0.0339 e. The second kappa shape index (κ2) is 5.80. The maximum Gasteiger partial charge on any atom is 0.0339 e. The van der Waals surface area contributed by atoms with Crippen molar-refractivity contribution in [1.29, 1.82) is 0 Å². The summed E-state index contributed by atoms with van der Waals surface area (Å²) in [5.41, 5.74) is 2.68. The van der Waals surface area contributed by atoms with E-state index < -0.39 is 0 Å². The molecule has 2 rings (SSSR count). The van der Waals surface area contributed by atoms with E-state index in [1.54, 1.807) is 11.3 Å². The summed E-state index contributed by atoms with van der Waals surface area (Å²) in [7, 11) is 2.16. The third kappa shape index (κ3) is 3.66. The molecule has 0 saturated heterocycles. The normalized spacial score (nSPS) is 11.1. The first-order valence-electron chi connectivity index (χ1n) is 5.61. The minimum atomic E-state index is 0.991.